The molecule has 1 aliphatic rings. The van der Waals surface area contributed by atoms with Crippen molar-refractivity contribution < 1.29 is 9.53 Å². The number of nitrogens with zero attached hydrogens (tertiary/aromatic N) is 4. The maximum atomic E-state index is 11.5. The standard InChI is InChI=1S/C26H24N6O2/c1-2-22(33)30-18-10-12-19(13-11-18)32-26-23(25(27)28-16-29-26)24(31-32)17-8-14-21(15-9-17)34-20-6-4-3-5-7-20/h1,3-9,14-16,18-19H,10-13H2,(H,30,33)(H2,27,28,29)/t18-,19-. The largest absolute Gasteiger partial charge is 0.457 e. The number of nitrogens with one attached hydrogen (secondary N) is 1. The highest BCUT2D eigenvalue weighted by molar-refractivity contribution is 5.98. The van der Waals surface area contributed by atoms with Gasteiger partial charge in [-0.1, -0.05) is 18.2 Å². The molecule has 8 heteroatoms. The minimum atomic E-state index is -0.365. The summed E-state index contributed by atoms with van der Waals surface area (Å²) >= 11 is 0. The van der Waals surface area contributed by atoms with Gasteiger partial charge in [0.15, 0.2) is 5.65 Å². The van der Waals surface area contributed by atoms with Crippen molar-refractivity contribution in [3.8, 4) is 35.1 Å². The van der Waals surface area contributed by atoms with Gasteiger partial charge in [-0.25, -0.2) is 14.6 Å². The van der Waals surface area contributed by atoms with Gasteiger partial charge in [-0.05, 0) is 68.0 Å². The highest BCUT2D eigenvalue weighted by Crippen LogP contribution is 2.36. The molecule has 0 radical (unpaired) electrons. The van der Waals surface area contributed by atoms with Gasteiger partial charge < -0.3 is 15.8 Å². The molecule has 1 aliphatic carbocycles. The highest BCUT2D eigenvalue weighted by atomic mass is 16.5. The van der Waals surface area contributed by atoms with E-state index in [1.165, 1.54) is 6.33 Å². The number of carbonyl (C=O) groups excluding carboxylic acids is 1. The summed E-state index contributed by atoms with van der Waals surface area (Å²) in [6.07, 6.45) is 9.98. The maximum Gasteiger partial charge on any atom is 0.295 e. The third-order valence-electron chi connectivity index (χ3n) is 6.13. The SMILES string of the molecule is C#CC(=O)N[C@H]1CC[C@H](n2nc(-c3ccc(Oc4ccccc4)cc3)c3c(N)ncnc32)CC1. The second-order valence-electron chi connectivity index (χ2n) is 8.31. The lowest BCUT2D eigenvalue weighted by Crippen LogP contribution is -2.37. The first-order valence-corrected chi connectivity index (χ1v) is 11.2. The molecule has 0 aliphatic heterocycles. The number of nitrogens with two attached hydrogens (primary N) is 1. The van der Waals surface area contributed by atoms with E-state index in [-0.39, 0.29) is 18.0 Å². The van der Waals surface area contributed by atoms with Crippen LogP contribution in [0.3, 0.4) is 0 Å². The van der Waals surface area contributed by atoms with E-state index < -0.39 is 0 Å². The lowest BCUT2D eigenvalue weighted by molar-refractivity contribution is -0.116. The number of nitrogen functional groups attached to an aromatic ring is 1. The number of anilines is 1. The zero-order chi connectivity index (χ0) is 23.5. The Labute approximate surface area is 197 Å². The Morgan fingerprint density at radius 2 is 1.74 bits per heavy atom. The van der Waals surface area contributed by atoms with E-state index in [2.05, 4.69) is 21.2 Å². The second-order valence-corrected chi connectivity index (χ2v) is 8.31. The molecule has 1 amide bonds. The van der Waals surface area contributed by atoms with Crippen molar-refractivity contribution in [2.75, 3.05) is 5.73 Å². The molecule has 0 atom stereocenters. The van der Waals surface area contributed by atoms with Crippen molar-refractivity contribution in [1.82, 2.24) is 25.1 Å². The predicted octanol–water partition coefficient (Wildman–Crippen LogP) is 4.10. The van der Waals surface area contributed by atoms with Crippen molar-refractivity contribution >= 4 is 22.8 Å². The Hall–Kier alpha value is -4.38. The Bertz CT molecular complexity index is 1350. The summed E-state index contributed by atoms with van der Waals surface area (Å²) in [5, 5.41) is 8.55. The van der Waals surface area contributed by atoms with Crippen LogP contribution in [-0.2, 0) is 4.79 Å². The molecule has 8 nitrogen and oxygen atoms in total. The first-order chi connectivity index (χ1) is 16.6. The van der Waals surface area contributed by atoms with Gasteiger partial charge in [-0.15, -0.1) is 6.42 Å². The number of amides is 1. The van der Waals surface area contributed by atoms with Gasteiger partial charge in [0.05, 0.1) is 11.4 Å². The number of benzene rings is 2. The Morgan fingerprint density at radius 1 is 1.03 bits per heavy atom. The Morgan fingerprint density at radius 3 is 2.44 bits per heavy atom. The van der Waals surface area contributed by atoms with Gasteiger partial charge in [0, 0.05) is 11.6 Å². The molecular formula is C26H24N6O2. The Balaban J connectivity index is 1.42. The predicted molar refractivity (Wildman–Crippen MR) is 130 cm³/mol. The summed E-state index contributed by atoms with van der Waals surface area (Å²) in [6, 6.07) is 17.6. The molecule has 0 saturated heterocycles. The van der Waals surface area contributed by atoms with E-state index in [1.54, 1.807) is 0 Å². The Kier molecular flexibility index (Phi) is 5.83. The van der Waals surface area contributed by atoms with Crippen molar-refractivity contribution in [2.24, 2.45) is 0 Å². The zero-order valence-corrected chi connectivity index (χ0v) is 18.5. The van der Waals surface area contributed by atoms with Gasteiger partial charge >= 0.3 is 0 Å². The molecule has 0 unspecified atom stereocenters. The smallest absolute Gasteiger partial charge is 0.295 e. The number of para-hydroxylation sites is 1. The van der Waals surface area contributed by atoms with Crippen LogP contribution in [0.2, 0.25) is 0 Å². The van der Waals surface area contributed by atoms with E-state index in [0.717, 1.165) is 53.8 Å². The molecule has 34 heavy (non-hydrogen) atoms. The summed E-state index contributed by atoms with van der Waals surface area (Å²) in [5.74, 6) is 3.65. The summed E-state index contributed by atoms with van der Waals surface area (Å²) < 4.78 is 7.86. The monoisotopic (exact) mass is 452 g/mol. The molecule has 5 rings (SSSR count). The van der Waals surface area contributed by atoms with Crippen LogP contribution in [-0.4, -0.2) is 31.7 Å². The van der Waals surface area contributed by atoms with Crippen molar-refractivity contribution in [1.29, 1.82) is 0 Å². The highest BCUT2D eigenvalue weighted by Gasteiger charge is 2.27. The average molecular weight is 453 g/mol. The third kappa shape index (κ3) is 4.28. The van der Waals surface area contributed by atoms with Gasteiger partial charge in [-0.2, -0.15) is 5.10 Å². The van der Waals surface area contributed by atoms with Crippen LogP contribution in [0.25, 0.3) is 22.3 Å². The van der Waals surface area contributed by atoms with Crippen LogP contribution in [0.5, 0.6) is 11.5 Å². The number of carbonyl (C=O) groups is 1. The van der Waals surface area contributed by atoms with Gasteiger partial charge in [0.2, 0.25) is 0 Å². The molecule has 0 bridgehead atoms. The van der Waals surface area contributed by atoms with Crippen LogP contribution in [0.1, 0.15) is 31.7 Å². The van der Waals surface area contributed by atoms with Crippen molar-refractivity contribution in [3.05, 3.63) is 60.9 Å². The fourth-order valence-corrected chi connectivity index (χ4v) is 4.45. The summed E-state index contributed by atoms with van der Waals surface area (Å²) in [5.41, 5.74) is 8.62. The van der Waals surface area contributed by atoms with Gasteiger partial charge in [0.25, 0.3) is 5.91 Å². The van der Waals surface area contributed by atoms with E-state index >= 15 is 0 Å². The van der Waals surface area contributed by atoms with Gasteiger partial charge in [-0.3, -0.25) is 4.79 Å². The van der Waals surface area contributed by atoms with Crippen molar-refractivity contribution in [2.45, 2.75) is 37.8 Å². The van der Waals surface area contributed by atoms with Crippen molar-refractivity contribution in [3.63, 3.8) is 0 Å². The van der Waals surface area contributed by atoms with Gasteiger partial charge in [0.1, 0.15) is 29.3 Å². The normalized spacial score (nSPS) is 17.7. The number of hydrogen-bond donors (Lipinski definition) is 2. The molecule has 4 aromatic rings. The molecule has 1 fully saturated rings. The van der Waals surface area contributed by atoms with Crippen LogP contribution in [0.15, 0.2) is 60.9 Å². The fraction of sp³-hybridized carbons (Fsp3) is 0.231. The summed E-state index contributed by atoms with van der Waals surface area (Å²) in [4.78, 5) is 20.2. The molecule has 0 spiro atoms. The molecule has 2 aromatic carbocycles. The van der Waals surface area contributed by atoms with E-state index in [4.69, 9.17) is 22.0 Å². The average Bonchev–Trinajstić information content (AvgIpc) is 3.26. The third-order valence-corrected chi connectivity index (χ3v) is 6.13. The number of terminal acetylenes is 1. The number of hydrogen-bond acceptors (Lipinski definition) is 6. The number of ether oxygens (including phenoxy) is 1. The van der Waals surface area contributed by atoms with Crippen LogP contribution >= 0.6 is 0 Å². The number of fused-ring (bicyclic) bond motifs is 1. The first-order valence-electron chi connectivity index (χ1n) is 11.2. The zero-order valence-electron chi connectivity index (χ0n) is 18.5. The van der Waals surface area contributed by atoms with Crippen LogP contribution < -0.4 is 15.8 Å². The summed E-state index contributed by atoms with van der Waals surface area (Å²) in [7, 11) is 0. The molecule has 2 heterocycles. The fourth-order valence-electron chi connectivity index (χ4n) is 4.45. The topological polar surface area (TPSA) is 108 Å². The first kappa shape index (κ1) is 21.5. The quantitative estimate of drug-likeness (QED) is 0.442. The number of aromatic nitrogens is 4. The van der Waals surface area contributed by atoms with Crippen LogP contribution in [0.4, 0.5) is 5.82 Å². The molecule has 2 aromatic heterocycles. The van der Waals surface area contributed by atoms with E-state index in [9.17, 15) is 4.79 Å². The minimum Gasteiger partial charge on any atom is -0.457 e. The van der Waals surface area contributed by atoms with Crippen LogP contribution in [0, 0.1) is 12.3 Å². The minimum absolute atomic E-state index is 0.0814. The van der Waals surface area contributed by atoms with E-state index in [0.29, 0.717) is 11.5 Å². The molecule has 1 saturated carbocycles. The lowest BCUT2D eigenvalue weighted by Gasteiger charge is -2.28. The number of rotatable bonds is 5. The maximum absolute atomic E-state index is 11.5. The van der Waals surface area contributed by atoms with E-state index in [1.807, 2.05) is 59.3 Å². The molecule has 170 valence electrons. The second kappa shape index (κ2) is 9.24. The molecular weight excluding hydrogens is 428 g/mol. The lowest BCUT2D eigenvalue weighted by atomic mass is 9.91. The summed E-state index contributed by atoms with van der Waals surface area (Å²) in [6.45, 7) is 0. The molecule has 3 N–H and O–H groups in total.